The van der Waals surface area contributed by atoms with Crippen molar-refractivity contribution in [1.29, 1.82) is 0 Å². The van der Waals surface area contributed by atoms with E-state index in [1.54, 1.807) is 0 Å². The molecule has 2 aromatic rings. The van der Waals surface area contributed by atoms with E-state index < -0.39 is 0 Å². The quantitative estimate of drug-likeness (QED) is 0.771. The Bertz CT molecular complexity index is 667. The van der Waals surface area contributed by atoms with Gasteiger partial charge in [0.1, 0.15) is 12.7 Å². The van der Waals surface area contributed by atoms with Crippen LogP contribution >= 0.6 is 0 Å². The maximum atomic E-state index is 12.0. The molecule has 0 aliphatic heterocycles. The molecule has 0 spiro atoms. The van der Waals surface area contributed by atoms with Crippen LogP contribution in [0.15, 0.2) is 12.7 Å². The first kappa shape index (κ1) is 15.7. The van der Waals surface area contributed by atoms with Crippen molar-refractivity contribution in [2.75, 3.05) is 18.4 Å². The van der Waals surface area contributed by atoms with E-state index >= 15 is 0 Å². The Kier molecular flexibility index (Phi) is 5.23. The normalized spacial score (nSPS) is 10.5. The van der Waals surface area contributed by atoms with E-state index in [-0.39, 0.29) is 17.9 Å². The Balaban J connectivity index is 2.22. The van der Waals surface area contributed by atoms with Crippen LogP contribution in [0.4, 0.5) is 15.4 Å². The smallest absolute Gasteiger partial charge is 0.328 e. The first-order valence-electron chi connectivity index (χ1n) is 7.18. The van der Waals surface area contributed by atoms with E-state index in [2.05, 4.69) is 30.9 Å². The SMILES string of the molecule is CCCNC(=O)Nc1ncnc2c1ncn2C(=O)NCCC. The van der Waals surface area contributed by atoms with Gasteiger partial charge in [0, 0.05) is 13.1 Å². The van der Waals surface area contributed by atoms with E-state index in [9.17, 15) is 9.59 Å². The van der Waals surface area contributed by atoms with Crippen molar-refractivity contribution in [1.82, 2.24) is 30.2 Å². The van der Waals surface area contributed by atoms with Crippen LogP contribution in [-0.2, 0) is 0 Å². The molecule has 9 nitrogen and oxygen atoms in total. The molecule has 0 saturated heterocycles. The highest BCUT2D eigenvalue weighted by Crippen LogP contribution is 2.16. The van der Waals surface area contributed by atoms with Crippen LogP contribution in [0.3, 0.4) is 0 Å². The lowest BCUT2D eigenvalue weighted by atomic mass is 10.4. The fourth-order valence-electron chi connectivity index (χ4n) is 1.78. The minimum absolute atomic E-state index is 0.264. The number of imidazole rings is 1. The summed E-state index contributed by atoms with van der Waals surface area (Å²) < 4.78 is 1.29. The van der Waals surface area contributed by atoms with E-state index in [0.29, 0.717) is 24.3 Å². The Labute approximate surface area is 127 Å². The predicted molar refractivity (Wildman–Crippen MR) is 81.7 cm³/mol. The molecule has 3 amide bonds. The zero-order valence-electron chi connectivity index (χ0n) is 12.6. The summed E-state index contributed by atoms with van der Waals surface area (Å²) >= 11 is 0. The van der Waals surface area contributed by atoms with Gasteiger partial charge in [-0.05, 0) is 12.8 Å². The molecule has 0 aromatic carbocycles. The second-order valence-electron chi connectivity index (χ2n) is 4.62. The van der Waals surface area contributed by atoms with Crippen LogP contribution in [0.1, 0.15) is 26.7 Å². The van der Waals surface area contributed by atoms with Crippen molar-refractivity contribution in [3.8, 4) is 0 Å². The molecule has 3 N–H and O–H groups in total. The minimum atomic E-state index is -0.369. The summed E-state index contributed by atoms with van der Waals surface area (Å²) in [6.45, 7) is 5.05. The molecular weight excluding hydrogens is 286 g/mol. The van der Waals surface area contributed by atoms with Gasteiger partial charge in [0.15, 0.2) is 17.0 Å². The highest BCUT2D eigenvalue weighted by atomic mass is 16.2. The summed E-state index contributed by atoms with van der Waals surface area (Å²) in [6.07, 6.45) is 4.30. The van der Waals surface area contributed by atoms with E-state index in [1.807, 2.05) is 13.8 Å². The number of rotatable bonds is 5. The van der Waals surface area contributed by atoms with Crippen LogP contribution in [-0.4, -0.2) is 44.7 Å². The number of carbonyl (C=O) groups is 2. The van der Waals surface area contributed by atoms with E-state index in [4.69, 9.17) is 0 Å². The maximum absolute atomic E-state index is 12.0. The average molecular weight is 305 g/mol. The highest BCUT2D eigenvalue weighted by molar-refractivity contribution is 5.98. The van der Waals surface area contributed by atoms with Gasteiger partial charge in [-0.15, -0.1) is 0 Å². The van der Waals surface area contributed by atoms with Gasteiger partial charge in [0.2, 0.25) is 0 Å². The summed E-state index contributed by atoms with van der Waals surface area (Å²) in [5, 5.41) is 8.02. The number of anilines is 1. The zero-order valence-corrected chi connectivity index (χ0v) is 12.6. The van der Waals surface area contributed by atoms with Gasteiger partial charge in [-0.25, -0.2) is 29.1 Å². The largest absolute Gasteiger partial charge is 0.338 e. The van der Waals surface area contributed by atoms with Gasteiger partial charge in [-0.1, -0.05) is 13.8 Å². The van der Waals surface area contributed by atoms with E-state index in [1.165, 1.54) is 17.2 Å². The number of fused-ring (bicyclic) bond motifs is 1. The number of nitrogens with zero attached hydrogens (tertiary/aromatic N) is 4. The lowest BCUT2D eigenvalue weighted by molar-refractivity contribution is 0.243. The molecule has 0 unspecified atom stereocenters. The summed E-state index contributed by atoms with van der Waals surface area (Å²) in [5.41, 5.74) is 0.704. The second kappa shape index (κ2) is 7.34. The Morgan fingerprint density at radius 1 is 1.09 bits per heavy atom. The maximum Gasteiger partial charge on any atom is 0.328 e. The third-order valence-corrected chi connectivity index (χ3v) is 2.85. The van der Waals surface area contributed by atoms with Crippen molar-refractivity contribution < 1.29 is 9.59 Å². The molecular formula is C13H19N7O2. The predicted octanol–water partition coefficient (Wildman–Crippen LogP) is 1.33. The van der Waals surface area contributed by atoms with Gasteiger partial charge in [0.25, 0.3) is 0 Å². The fraction of sp³-hybridized carbons (Fsp3) is 0.462. The van der Waals surface area contributed by atoms with Gasteiger partial charge in [-0.2, -0.15) is 0 Å². The van der Waals surface area contributed by atoms with Crippen molar-refractivity contribution in [2.45, 2.75) is 26.7 Å². The number of carbonyl (C=O) groups excluding carboxylic acids is 2. The van der Waals surface area contributed by atoms with Crippen LogP contribution < -0.4 is 16.0 Å². The van der Waals surface area contributed by atoms with Gasteiger partial charge < -0.3 is 10.6 Å². The van der Waals surface area contributed by atoms with Crippen molar-refractivity contribution >= 4 is 29.0 Å². The monoisotopic (exact) mass is 305 g/mol. The third kappa shape index (κ3) is 3.48. The van der Waals surface area contributed by atoms with Gasteiger partial charge in [-0.3, -0.25) is 5.32 Å². The van der Waals surface area contributed by atoms with Crippen molar-refractivity contribution in [3.05, 3.63) is 12.7 Å². The van der Waals surface area contributed by atoms with Crippen LogP contribution in [0.5, 0.6) is 0 Å². The highest BCUT2D eigenvalue weighted by Gasteiger charge is 2.15. The van der Waals surface area contributed by atoms with Crippen molar-refractivity contribution in [2.24, 2.45) is 0 Å². The fourth-order valence-corrected chi connectivity index (χ4v) is 1.78. The number of hydrogen-bond donors (Lipinski definition) is 3. The van der Waals surface area contributed by atoms with Crippen molar-refractivity contribution in [3.63, 3.8) is 0 Å². The van der Waals surface area contributed by atoms with Gasteiger partial charge in [0.05, 0.1) is 0 Å². The lowest BCUT2D eigenvalue weighted by Crippen LogP contribution is -2.30. The Hall–Kier alpha value is -2.71. The molecule has 2 rings (SSSR count). The van der Waals surface area contributed by atoms with Crippen LogP contribution in [0.25, 0.3) is 11.2 Å². The Morgan fingerprint density at radius 2 is 1.82 bits per heavy atom. The molecule has 2 heterocycles. The summed E-state index contributed by atoms with van der Waals surface area (Å²) in [4.78, 5) is 35.9. The number of nitrogens with one attached hydrogen (secondary N) is 3. The number of amides is 3. The topological polar surface area (TPSA) is 114 Å². The molecule has 0 bridgehead atoms. The molecule has 118 valence electrons. The molecule has 0 fully saturated rings. The summed E-state index contributed by atoms with van der Waals surface area (Å²) in [7, 11) is 0. The molecule has 0 aliphatic rings. The lowest BCUT2D eigenvalue weighted by Gasteiger charge is -2.07. The first-order chi connectivity index (χ1) is 10.7. The molecule has 0 aliphatic carbocycles. The third-order valence-electron chi connectivity index (χ3n) is 2.85. The number of aromatic nitrogens is 4. The second-order valence-corrected chi connectivity index (χ2v) is 4.62. The standard InChI is InChI=1S/C13H19N7O2/c1-3-5-14-12(21)19-10-9-11(17-7-16-10)20(8-18-9)13(22)15-6-4-2/h7-8H,3-6H2,1-2H3,(H,15,22)(H2,14,16,17,19,21). The molecule has 0 radical (unpaired) electrons. The average Bonchev–Trinajstić information content (AvgIpc) is 2.95. The molecule has 0 atom stereocenters. The van der Waals surface area contributed by atoms with Gasteiger partial charge >= 0.3 is 12.1 Å². The zero-order chi connectivity index (χ0) is 15.9. The summed E-state index contributed by atoms with van der Waals surface area (Å²) in [6, 6.07) is -0.684. The number of hydrogen-bond acceptors (Lipinski definition) is 5. The number of urea groups is 1. The molecule has 9 heteroatoms. The van der Waals surface area contributed by atoms with E-state index in [0.717, 1.165) is 12.8 Å². The molecule has 2 aromatic heterocycles. The van der Waals surface area contributed by atoms with Crippen LogP contribution in [0.2, 0.25) is 0 Å². The van der Waals surface area contributed by atoms with Crippen LogP contribution in [0, 0.1) is 0 Å². The molecule has 22 heavy (non-hydrogen) atoms. The Morgan fingerprint density at radius 3 is 2.55 bits per heavy atom. The molecule has 0 saturated carbocycles. The first-order valence-corrected chi connectivity index (χ1v) is 7.18. The minimum Gasteiger partial charge on any atom is -0.338 e. The summed E-state index contributed by atoms with van der Waals surface area (Å²) in [5.74, 6) is 0.264.